The quantitative estimate of drug-likeness (QED) is 0.169. The lowest BCUT2D eigenvalue weighted by molar-refractivity contribution is -0.111. The summed E-state index contributed by atoms with van der Waals surface area (Å²) in [4.78, 5) is 21.8. The van der Waals surface area contributed by atoms with Crippen LogP contribution in [-0.2, 0) is 4.79 Å². The number of phenolic OH excluding ortho intramolecular Hbond substituents is 1. The average molecular weight is 517 g/mol. The molecule has 0 aliphatic rings. The van der Waals surface area contributed by atoms with E-state index in [2.05, 4.69) is 20.6 Å². The number of aromatic nitrogens is 4. The van der Waals surface area contributed by atoms with Crippen LogP contribution >= 0.6 is 11.6 Å². The first-order valence-corrected chi connectivity index (χ1v) is 12.4. The molecule has 10 heteroatoms. The molecule has 0 bridgehead atoms. The number of aromatic amines is 1. The number of H-pyrrole nitrogens is 1. The fraction of sp³-hybridized carbons (Fsp3) is 0.423. The molecule has 3 rings (SSSR count). The third kappa shape index (κ3) is 9.30. The molecule has 0 radical (unpaired) electrons. The minimum Gasteiger partial charge on any atom is -0.507 e. The van der Waals surface area contributed by atoms with Gasteiger partial charge >= 0.3 is 0 Å². The van der Waals surface area contributed by atoms with Gasteiger partial charge < -0.3 is 14.6 Å². The van der Waals surface area contributed by atoms with Gasteiger partial charge in [0.05, 0.1) is 18.8 Å². The minimum absolute atomic E-state index is 0.0125. The number of ether oxygens (including phenoxy) is 2. The van der Waals surface area contributed by atoms with Crippen LogP contribution in [0.3, 0.4) is 0 Å². The number of nitrogens with one attached hydrogen (secondary N) is 1. The van der Waals surface area contributed by atoms with E-state index in [9.17, 15) is 14.7 Å². The number of hydrogen-bond donors (Lipinski definition) is 2. The number of hydrogen-bond acceptors (Lipinski definition) is 8. The molecule has 3 aromatic rings. The van der Waals surface area contributed by atoms with Crippen molar-refractivity contribution in [1.29, 1.82) is 0 Å². The molecule has 0 aliphatic heterocycles. The van der Waals surface area contributed by atoms with Gasteiger partial charge in [-0.1, -0.05) is 13.8 Å². The second-order valence-electron chi connectivity index (χ2n) is 8.03. The molecular formula is C26H33ClN4O5. The Balaban J connectivity index is 0.000000678. The molecule has 0 fully saturated rings. The third-order valence-electron chi connectivity index (χ3n) is 5.13. The molecule has 36 heavy (non-hydrogen) atoms. The lowest BCUT2D eigenvalue weighted by Gasteiger charge is -2.13. The van der Waals surface area contributed by atoms with Gasteiger partial charge in [-0.15, -0.1) is 10.2 Å². The molecule has 0 saturated heterocycles. The fourth-order valence-electron chi connectivity index (χ4n) is 3.18. The maximum absolute atomic E-state index is 12.0. The highest BCUT2D eigenvalue weighted by molar-refractivity contribution is 6.63. The molecule has 9 nitrogen and oxygen atoms in total. The topological polar surface area (TPSA) is 127 Å². The van der Waals surface area contributed by atoms with Crippen LogP contribution in [0.5, 0.6) is 17.2 Å². The van der Waals surface area contributed by atoms with Gasteiger partial charge in [0.15, 0.2) is 5.78 Å². The number of nitrogens with zero attached hydrogens (tertiary/aromatic N) is 3. The zero-order chi connectivity index (χ0) is 26.3. The number of tetrazole rings is 1. The number of rotatable bonds is 13. The van der Waals surface area contributed by atoms with Crippen LogP contribution in [0.1, 0.15) is 68.3 Å². The van der Waals surface area contributed by atoms with E-state index in [0.717, 1.165) is 37.0 Å². The molecule has 0 saturated carbocycles. The second-order valence-corrected chi connectivity index (χ2v) is 8.45. The Morgan fingerprint density at radius 1 is 0.972 bits per heavy atom. The summed E-state index contributed by atoms with van der Waals surface area (Å²) in [6, 6.07) is 10.9. The summed E-state index contributed by atoms with van der Waals surface area (Å²) in [7, 11) is 0. The Bertz CT molecular complexity index is 1090. The first kappa shape index (κ1) is 28.8. The molecular weight excluding hydrogens is 484 g/mol. The summed E-state index contributed by atoms with van der Waals surface area (Å²) < 4.78 is 11.5. The molecule has 0 atom stereocenters. The normalized spacial score (nSPS) is 10.3. The van der Waals surface area contributed by atoms with Crippen molar-refractivity contribution in [3.8, 4) is 28.6 Å². The van der Waals surface area contributed by atoms with Crippen LogP contribution < -0.4 is 9.47 Å². The predicted molar refractivity (Wildman–Crippen MR) is 138 cm³/mol. The van der Waals surface area contributed by atoms with Crippen LogP contribution in [0, 0.1) is 6.92 Å². The molecule has 0 aliphatic carbocycles. The molecule has 2 N–H and O–H groups in total. The van der Waals surface area contributed by atoms with Crippen LogP contribution in [0.4, 0.5) is 0 Å². The number of Topliss-reactive ketones (excluding diaryl/α,β-unsaturated/α-hetero) is 1. The van der Waals surface area contributed by atoms with E-state index in [4.69, 9.17) is 21.1 Å². The number of carbonyl (C=O) groups excluding carboxylic acids is 2. The summed E-state index contributed by atoms with van der Waals surface area (Å²) in [6.45, 7) is 6.69. The largest absolute Gasteiger partial charge is 0.507 e. The van der Waals surface area contributed by atoms with Gasteiger partial charge in [0.2, 0.25) is 11.1 Å². The van der Waals surface area contributed by atoms with E-state index in [1.165, 1.54) is 0 Å². The standard InChI is InChI=1S/C22H26N4O4.C4H7ClO/c1-3-6-19(27)18-11-12-20(15(2)21(18)28)30-14-5-4-13-29-17-9-7-16(8-10-17)22-23-25-26-24-22;1-2-3-4(5)6/h7-12,28H,3-6,13-14H2,1-2H3,(H,23,24,25,26);2-3H2,1H3. The van der Waals surface area contributed by atoms with Gasteiger partial charge in [-0.05, 0) is 85.8 Å². The Morgan fingerprint density at radius 2 is 1.64 bits per heavy atom. The summed E-state index contributed by atoms with van der Waals surface area (Å²) >= 11 is 4.94. The smallest absolute Gasteiger partial charge is 0.221 e. The van der Waals surface area contributed by atoms with Crippen molar-refractivity contribution < 1.29 is 24.2 Å². The van der Waals surface area contributed by atoms with Crippen LogP contribution in [0.2, 0.25) is 0 Å². The van der Waals surface area contributed by atoms with E-state index in [0.29, 0.717) is 48.8 Å². The number of halogens is 1. The first-order valence-electron chi connectivity index (χ1n) is 12.0. The van der Waals surface area contributed by atoms with Crippen LogP contribution in [0.25, 0.3) is 11.4 Å². The molecule has 0 amide bonds. The van der Waals surface area contributed by atoms with E-state index in [-0.39, 0.29) is 16.8 Å². The molecule has 1 heterocycles. The van der Waals surface area contributed by atoms with Crippen LogP contribution in [0.15, 0.2) is 36.4 Å². The third-order valence-corrected chi connectivity index (χ3v) is 5.32. The van der Waals surface area contributed by atoms with Gasteiger partial charge in [0.1, 0.15) is 17.2 Å². The van der Waals surface area contributed by atoms with Crippen molar-refractivity contribution in [2.24, 2.45) is 0 Å². The highest BCUT2D eigenvalue weighted by Crippen LogP contribution is 2.31. The number of carbonyl (C=O) groups is 2. The van der Waals surface area contributed by atoms with E-state index >= 15 is 0 Å². The van der Waals surface area contributed by atoms with E-state index in [1.54, 1.807) is 19.1 Å². The molecule has 1 aromatic heterocycles. The Morgan fingerprint density at radius 3 is 2.19 bits per heavy atom. The molecule has 194 valence electrons. The zero-order valence-electron chi connectivity index (χ0n) is 20.9. The highest BCUT2D eigenvalue weighted by atomic mass is 35.5. The molecule has 2 aromatic carbocycles. The highest BCUT2D eigenvalue weighted by Gasteiger charge is 2.15. The van der Waals surface area contributed by atoms with Crippen molar-refractivity contribution in [1.82, 2.24) is 20.6 Å². The SMILES string of the molecule is CCCC(=O)Cl.CCCC(=O)c1ccc(OCCCCOc2ccc(-c3nn[nH]n3)cc2)c(C)c1O. The average Bonchev–Trinajstić information content (AvgIpc) is 3.40. The van der Waals surface area contributed by atoms with Gasteiger partial charge in [-0.2, -0.15) is 5.21 Å². The number of benzene rings is 2. The number of aromatic hydroxyl groups is 1. The van der Waals surface area contributed by atoms with Gasteiger partial charge in [0, 0.05) is 24.0 Å². The summed E-state index contributed by atoms with van der Waals surface area (Å²) in [5.74, 6) is 1.88. The number of phenols is 1. The van der Waals surface area contributed by atoms with Gasteiger partial charge in [-0.25, -0.2) is 0 Å². The Labute approximate surface area is 216 Å². The van der Waals surface area contributed by atoms with Gasteiger partial charge in [-0.3, -0.25) is 9.59 Å². The maximum Gasteiger partial charge on any atom is 0.221 e. The maximum atomic E-state index is 12.0. The lowest BCUT2D eigenvalue weighted by Crippen LogP contribution is -2.05. The van der Waals surface area contributed by atoms with Crippen molar-refractivity contribution >= 4 is 22.6 Å². The number of unbranched alkanes of at least 4 members (excludes halogenated alkanes) is 1. The van der Waals surface area contributed by atoms with Crippen molar-refractivity contribution in [2.75, 3.05) is 13.2 Å². The summed E-state index contributed by atoms with van der Waals surface area (Å²) in [5.41, 5.74) is 1.82. The Kier molecular flexibility index (Phi) is 12.4. The number of ketones is 1. The fourth-order valence-corrected chi connectivity index (χ4v) is 3.37. The first-order chi connectivity index (χ1) is 17.4. The zero-order valence-corrected chi connectivity index (χ0v) is 21.7. The van der Waals surface area contributed by atoms with Gasteiger partial charge in [0.25, 0.3) is 0 Å². The van der Waals surface area contributed by atoms with Crippen molar-refractivity contribution in [2.45, 2.75) is 59.3 Å². The van der Waals surface area contributed by atoms with Crippen molar-refractivity contribution in [3.63, 3.8) is 0 Å². The van der Waals surface area contributed by atoms with E-state index < -0.39 is 0 Å². The minimum atomic E-state index is -0.238. The second kappa shape index (κ2) is 15.5. The monoisotopic (exact) mass is 516 g/mol. The molecule has 0 unspecified atom stereocenters. The summed E-state index contributed by atoms with van der Waals surface area (Å²) in [5, 5.41) is 23.9. The van der Waals surface area contributed by atoms with Crippen LogP contribution in [-0.4, -0.2) is 50.0 Å². The predicted octanol–water partition coefficient (Wildman–Crippen LogP) is 5.65. The molecule has 0 spiro atoms. The Hall–Kier alpha value is -3.46. The van der Waals surface area contributed by atoms with E-state index in [1.807, 2.05) is 38.1 Å². The van der Waals surface area contributed by atoms with Crippen molar-refractivity contribution in [3.05, 3.63) is 47.5 Å². The lowest BCUT2D eigenvalue weighted by atomic mass is 10.0. The summed E-state index contributed by atoms with van der Waals surface area (Å²) in [6.07, 6.45) is 4.15.